The van der Waals surface area contributed by atoms with Gasteiger partial charge in [0, 0.05) is 20.3 Å². The highest BCUT2D eigenvalue weighted by atomic mass is 16.6. The van der Waals surface area contributed by atoms with Crippen LogP contribution in [0.1, 0.15) is 26.2 Å². The Bertz CT molecular complexity index is 61.1. The summed E-state index contributed by atoms with van der Waals surface area (Å²) in [5.74, 6) is 0. The first-order chi connectivity index (χ1) is 5.41. The number of hydrogen-bond acceptors (Lipinski definition) is 3. The zero-order valence-electron chi connectivity index (χ0n) is 7.56. The van der Waals surface area contributed by atoms with Gasteiger partial charge in [-0.15, -0.1) is 0 Å². The van der Waals surface area contributed by atoms with Crippen LogP contribution >= 0.6 is 0 Å². The molecule has 0 aromatic heterocycles. The first-order valence-corrected chi connectivity index (χ1v) is 4.25. The van der Waals surface area contributed by atoms with Crippen LogP contribution in [0.3, 0.4) is 0 Å². The van der Waals surface area contributed by atoms with Gasteiger partial charge in [-0.1, -0.05) is 6.92 Å². The summed E-state index contributed by atoms with van der Waals surface area (Å²) in [6.07, 6.45) is 3.24. The molecule has 3 nitrogen and oxygen atoms in total. The van der Waals surface area contributed by atoms with Gasteiger partial charge in [-0.05, 0) is 19.3 Å². The fourth-order valence-corrected chi connectivity index (χ4v) is 0.667. The molecule has 1 N–H and O–H groups in total. The number of hydrogen-bond donors (Lipinski definition) is 1. The largest absolute Gasteiger partial charge is 0.385 e. The molecule has 11 heavy (non-hydrogen) atoms. The van der Waals surface area contributed by atoms with Crippen molar-refractivity contribution in [2.24, 2.45) is 0 Å². The van der Waals surface area contributed by atoms with E-state index in [0.29, 0.717) is 0 Å². The number of methoxy groups -OCH3 is 1. The quantitative estimate of drug-likeness (QED) is 0.430. The fourth-order valence-electron chi connectivity index (χ4n) is 0.667. The minimum absolute atomic E-state index is 0.781. The second kappa shape index (κ2) is 9.88. The number of hydroxylamine groups is 1. The predicted molar refractivity (Wildman–Crippen MR) is 45.4 cm³/mol. The molecule has 0 aromatic carbocycles. The maximum atomic E-state index is 5.12. The summed E-state index contributed by atoms with van der Waals surface area (Å²) in [5.41, 5.74) is 2.87. The van der Waals surface area contributed by atoms with E-state index in [1.54, 1.807) is 7.11 Å². The third-order valence-corrected chi connectivity index (χ3v) is 1.30. The van der Waals surface area contributed by atoms with Gasteiger partial charge < -0.3 is 9.57 Å². The van der Waals surface area contributed by atoms with Gasteiger partial charge in [0.15, 0.2) is 0 Å². The molecule has 0 aliphatic carbocycles. The van der Waals surface area contributed by atoms with Gasteiger partial charge in [-0.25, -0.2) is 5.48 Å². The molecule has 0 aliphatic heterocycles. The van der Waals surface area contributed by atoms with Crippen LogP contribution in [0.4, 0.5) is 0 Å². The van der Waals surface area contributed by atoms with Crippen molar-refractivity contribution >= 4 is 0 Å². The van der Waals surface area contributed by atoms with E-state index in [1.165, 1.54) is 0 Å². The van der Waals surface area contributed by atoms with Crippen LogP contribution in [0.15, 0.2) is 0 Å². The molecular formula is C8H19NO2. The monoisotopic (exact) mass is 161 g/mol. The molecule has 68 valence electrons. The Morgan fingerprint density at radius 3 is 2.55 bits per heavy atom. The van der Waals surface area contributed by atoms with Crippen molar-refractivity contribution in [2.75, 3.05) is 26.9 Å². The smallest absolute Gasteiger partial charge is 0.0683 e. The molecule has 0 aliphatic rings. The number of unbranched alkanes of at least 4 members (excludes halogenated alkanes) is 1. The van der Waals surface area contributed by atoms with Gasteiger partial charge in [-0.3, -0.25) is 0 Å². The molecule has 0 saturated heterocycles. The van der Waals surface area contributed by atoms with Crippen molar-refractivity contribution < 1.29 is 9.57 Å². The Morgan fingerprint density at radius 1 is 1.18 bits per heavy atom. The lowest BCUT2D eigenvalue weighted by molar-refractivity contribution is 0.0358. The normalized spacial score (nSPS) is 10.4. The highest BCUT2D eigenvalue weighted by molar-refractivity contribution is 4.36. The molecule has 0 amide bonds. The van der Waals surface area contributed by atoms with Crippen LogP contribution in [0, 0.1) is 0 Å². The fraction of sp³-hybridized carbons (Fsp3) is 1.00. The van der Waals surface area contributed by atoms with Gasteiger partial charge in [0.05, 0.1) is 6.61 Å². The highest BCUT2D eigenvalue weighted by Gasteiger charge is 1.87. The van der Waals surface area contributed by atoms with Gasteiger partial charge in [0.2, 0.25) is 0 Å². The Morgan fingerprint density at radius 2 is 1.91 bits per heavy atom. The average molecular weight is 161 g/mol. The van der Waals surface area contributed by atoms with Crippen molar-refractivity contribution in [3.05, 3.63) is 0 Å². The number of ether oxygens (including phenoxy) is 1. The lowest BCUT2D eigenvalue weighted by Gasteiger charge is -2.03. The first kappa shape index (κ1) is 10.9. The van der Waals surface area contributed by atoms with Crippen LogP contribution < -0.4 is 5.48 Å². The molecule has 0 aromatic rings. The van der Waals surface area contributed by atoms with E-state index in [1.807, 2.05) is 0 Å². The molecule has 0 spiro atoms. The zero-order chi connectivity index (χ0) is 8.36. The zero-order valence-corrected chi connectivity index (χ0v) is 7.56. The molecule has 3 heteroatoms. The SMILES string of the molecule is CCCNOCCCCOC. The van der Waals surface area contributed by atoms with Gasteiger partial charge in [0.1, 0.15) is 0 Å². The van der Waals surface area contributed by atoms with E-state index >= 15 is 0 Å². The lowest BCUT2D eigenvalue weighted by atomic mass is 10.3. The van der Waals surface area contributed by atoms with Gasteiger partial charge >= 0.3 is 0 Å². The van der Waals surface area contributed by atoms with Crippen molar-refractivity contribution in [3.63, 3.8) is 0 Å². The molecule has 0 atom stereocenters. The second-order valence-corrected chi connectivity index (χ2v) is 2.44. The summed E-state index contributed by atoms with van der Waals surface area (Å²) in [7, 11) is 1.72. The number of nitrogens with one attached hydrogen (secondary N) is 1. The number of rotatable bonds is 8. The first-order valence-electron chi connectivity index (χ1n) is 4.25. The van der Waals surface area contributed by atoms with E-state index in [9.17, 15) is 0 Å². The van der Waals surface area contributed by atoms with E-state index in [0.717, 1.165) is 39.0 Å². The third-order valence-electron chi connectivity index (χ3n) is 1.30. The van der Waals surface area contributed by atoms with E-state index in [-0.39, 0.29) is 0 Å². The van der Waals surface area contributed by atoms with Crippen LogP contribution in [0.5, 0.6) is 0 Å². The molecule has 0 radical (unpaired) electrons. The van der Waals surface area contributed by atoms with E-state index in [2.05, 4.69) is 12.4 Å². The average Bonchev–Trinajstić information content (AvgIpc) is 2.03. The standard InChI is InChI=1S/C8H19NO2/c1-3-6-9-11-8-5-4-7-10-2/h9H,3-8H2,1-2H3. The Hall–Kier alpha value is -0.120. The molecule has 0 unspecified atom stereocenters. The minimum Gasteiger partial charge on any atom is -0.385 e. The lowest BCUT2D eigenvalue weighted by Crippen LogP contribution is -2.16. The van der Waals surface area contributed by atoms with E-state index < -0.39 is 0 Å². The summed E-state index contributed by atoms with van der Waals surface area (Å²) >= 11 is 0. The highest BCUT2D eigenvalue weighted by Crippen LogP contribution is 1.88. The molecular weight excluding hydrogens is 142 g/mol. The minimum atomic E-state index is 0.781. The van der Waals surface area contributed by atoms with Crippen LogP contribution in [0.2, 0.25) is 0 Å². The Balaban J connectivity index is 2.69. The predicted octanol–water partition coefficient (Wildman–Crippen LogP) is 1.34. The van der Waals surface area contributed by atoms with Crippen molar-refractivity contribution in [2.45, 2.75) is 26.2 Å². The van der Waals surface area contributed by atoms with Crippen molar-refractivity contribution in [1.82, 2.24) is 5.48 Å². The maximum absolute atomic E-state index is 5.12. The molecule has 0 bridgehead atoms. The second-order valence-electron chi connectivity index (χ2n) is 2.44. The summed E-state index contributed by atoms with van der Waals surface area (Å²) in [4.78, 5) is 5.12. The maximum Gasteiger partial charge on any atom is 0.0683 e. The van der Waals surface area contributed by atoms with Gasteiger partial charge in [-0.2, -0.15) is 0 Å². The summed E-state index contributed by atoms with van der Waals surface area (Å²) in [6, 6.07) is 0. The van der Waals surface area contributed by atoms with Gasteiger partial charge in [0.25, 0.3) is 0 Å². The third kappa shape index (κ3) is 9.88. The van der Waals surface area contributed by atoms with Crippen LogP contribution in [0.25, 0.3) is 0 Å². The molecule has 0 fully saturated rings. The molecule has 0 heterocycles. The summed E-state index contributed by atoms with van der Waals surface area (Å²) in [5, 5.41) is 0. The molecule has 0 rings (SSSR count). The Kier molecular flexibility index (Phi) is 9.77. The van der Waals surface area contributed by atoms with E-state index in [4.69, 9.17) is 9.57 Å². The summed E-state index contributed by atoms with van der Waals surface area (Å²) < 4.78 is 4.89. The Labute approximate surface area is 69.0 Å². The molecule has 0 saturated carbocycles. The van der Waals surface area contributed by atoms with Crippen LogP contribution in [-0.2, 0) is 9.57 Å². The van der Waals surface area contributed by atoms with Crippen molar-refractivity contribution in [1.29, 1.82) is 0 Å². The topological polar surface area (TPSA) is 30.5 Å². The van der Waals surface area contributed by atoms with Crippen LogP contribution in [-0.4, -0.2) is 26.9 Å². The summed E-state index contributed by atoms with van der Waals surface area (Å²) in [6.45, 7) is 4.66. The van der Waals surface area contributed by atoms with Crippen molar-refractivity contribution in [3.8, 4) is 0 Å².